The van der Waals surface area contributed by atoms with Crippen molar-refractivity contribution in [2.45, 2.75) is 0 Å². The Morgan fingerprint density at radius 2 is 1.65 bits per heavy atom. The average Bonchev–Trinajstić information content (AvgIpc) is 3.19. The van der Waals surface area contributed by atoms with E-state index in [2.05, 4.69) is 22.2 Å². The molecule has 1 amide bonds. The van der Waals surface area contributed by atoms with E-state index in [0.717, 1.165) is 13.1 Å². The summed E-state index contributed by atoms with van der Waals surface area (Å²) in [6.45, 7) is 2.84. The molecule has 132 valence electrons. The zero-order valence-corrected chi connectivity index (χ0v) is 14.2. The molecule has 3 aromatic rings. The van der Waals surface area contributed by atoms with E-state index in [4.69, 9.17) is 4.52 Å². The molecule has 26 heavy (non-hydrogen) atoms. The first-order valence-electron chi connectivity index (χ1n) is 8.57. The SMILES string of the molecule is O=C(c1co[nH+]c1-c1ccc(F)cc1)N1CCN(c2ccccc2)CC1. The number of aromatic nitrogens is 1. The fourth-order valence-corrected chi connectivity index (χ4v) is 3.23. The van der Waals surface area contributed by atoms with E-state index in [9.17, 15) is 9.18 Å². The molecule has 6 heteroatoms. The highest BCUT2D eigenvalue weighted by molar-refractivity contribution is 5.98. The molecule has 0 saturated carbocycles. The monoisotopic (exact) mass is 352 g/mol. The fraction of sp³-hybridized carbons (Fsp3) is 0.200. The molecule has 1 aliphatic heterocycles. The number of benzene rings is 2. The largest absolute Gasteiger partial charge is 0.368 e. The Hall–Kier alpha value is -3.15. The molecule has 0 atom stereocenters. The van der Waals surface area contributed by atoms with Crippen LogP contribution in [0.3, 0.4) is 0 Å². The minimum Gasteiger partial charge on any atom is -0.368 e. The van der Waals surface area contributed by atoms with Crippen LogP contribution >= 0.6 is 0 Å². The number of carbonyl (C=O) groups excluding carboxylic acids is 1. The molecule has 1 aliphatic rings. The van der Waals surface area contributed by atoms with Crippen molar-refractivity contribution in [2.24, 2.45) is 0 Å². The van der Waals surface area contributed by atoms with Gasteiger partial charge in [0.2, 0.25) is 0 Å². The second-order valence-corrected chi connectivity index (χ2v) is 6.25. The number of rotatable bonds is 3. The number of para-hydroxylation sites is 1. The Balaban J connectivity index is 1.48. The number of nitrogens with zero attached hydrogens (tertiary/aromatic N) is 2. The Bertz CT molecular complexity index is 885. The lowest BCUT2D eigenvalue weighted by atomic mass is 10.1. The smallest absolute Gasteiger partial charge is 0.272 e. The van der Waals surface area contributed by atoms with Gasteiger partial charge in [-0.3, -0.25) is 4.79 Å². The Morgan fingerprint density at radius 1 is 0.962 bits per heavy atom. The van der Waals surface area contributed by atoms with Gasteiger partial charge in [0.05, 0.1) is 5.56 Å². The zero-order chi connectivity index (χ0) is 17.9. The Morgan fingerprint density at radius 3 is 2.35 bits per heavy atom. The maximum Gasteiger partial charge on any atom is 0.272 e. The van der Waals surface area contributed by atoms with E-state index in [1.807, 2.05) is 23.1 Å². The summed E-state index contributed by atoms with van der Waals surface area (Å²) in [5.74, 6) is -0.399. The van der Waals surface area contributed by atoms with Crippen molar-refractivity contribution in [3.8, 4) is 11.3 Å². The molecule has 0 aliphatic carbocycles. The van der Waals surface area contributed by atoms with Crippen LogP contribution in [0, 0.1) is 5.82 Å². The third kappa shape index (κ3) is 3.18. The van der Waals surface area contributed by atoms with Gasteiger partial charge in [0.1, 0.15) is 5.82 Å². The summed E-state index contributed by atoms with van der Waals surface area (Å²) in [7, 11) is 0. The highest BCUT2D eigenvalue weighted by Gasteiger charge is 2.29. The molecule has 1 N–H and O–H groups in total. The minimum atomic E-state index is -0.317. The first kappa shape index (κ1) is 16.3. The summed E-state index contributed by atoms with van der Waals surface area (Å²) < 4.78 is 18.3. The van der Waals surface area contributed by atoms with Crippen LogP contribution in [-0.4, -0.2) is 37.0 Å². The number of hydrogen-bond acceptors (Lipinski definition) is 3. The maximum absolute atomic E-state index is 13.1. The molecule has 0 radical (unpaired) electrons. The van der Waals surface area contributed by atoms with Gasteiger partial charge in [0, 0.05) is 31.9 Å². The molecule has 2 aromatic carbocycles. The molecule has 1 aromatic heterocycles. The van der Waals surface area contributed by atoms with Crippen molar-refractivity contribution in [1.82, 2.24) is 4.90 Å². The first-order chi connectivity index (χ1) is 12.7. The standard InChI is InChI=1S/C20H18FN3O2/c21-16-8-6-15(7-9-16)19-18(14-26-22-19)20(25)24-12-10-23(11-13-24)17-4-2-1-3-5-17/h1-9,14H,10-13H2/p+1. The van der Waals surface area contributed by atoms with Gasteiger partial charge in [-0.25, -0.2) is 8.91 Å². The van der Waals surface area contributed by atoms with Gasteiger partial charge >= 0.3 is 0 Å². The number of H-pyrrole nitrogens is 1. The summed E-state index contributed by atoms with van der Waals surface area (Å²) in [5, 5.41) is 2.74. The number of nitrogens with one attached hydrogen (secondary N) is 1. The molecule has 0 bridgehead atoms. The van der Waals surface area contributed by atoms with Crippen LogP contribution in [0.1, 0.15) is 10.4 Å². The normalized spacial score (nSPS) is 14.5. The van der Waals surface area contributed by atoms with E-state index in [-0.39, 0.29) is 11.7 Å². The number of piperazine rings is 1. The molecule has 2 heterocycles. The summed E-state index contributed by atoms with van der Waals surface area (Å²) in [6.07, 6.45) is 1.42. The molecule has 4 rings (SSSR count). The highest BCUT2D eigenvalue weighted by atomic mass is 19.1. The molecule has 0 unspecified atom stereocenters. The summed E-state index contributed by atoms with van der Waals surface area (Å²) in [5.41, 5.74) is 2.92. The quantitative estimate of drug-likeness (QED) is 0.728. The summed E-state index contributed by atoms with van der Waals surface area (Å²) in [6, 6.07) is 16.2. The van der Waals surface area contributed by atoms with Crippen molar-refractivity contribution >= 4 is 11.6 Å². The van der Waals surface area contributed by atoms with Crippen LogP contribution in [0.2, 0.25) is 0 Å². The van der Waals surface area contributed by atoms with E-state index in [0.29, 0.717) is 29.9 Å². The highest BCUT2D eigenvalue weighted by Crippen LogP contribution is 2.22. The van der Waals surface area contributed by atoms with Crippen molar-refractivity contribution in [3.63, 3.8) is 0 Å². The maximum atomic E-state index is 13.1. The van der Waals surface area contributed by atoms with Crippen molar-refractivity contribution < 1.29 is 18.9 Å². The average molecular weight is 352 g/mol. The Labute approximate surface area is 150 Å². The number of carbonyl (C=O) groups is 1. The number of halogens is 1. The predicted octanol–water partition coefficient (Wildman–Crippen LogP) is 2.86. The Kier molecular flexibility index (Phi) is 4.39. The second-order valence-electron chi connectivity index (χ2n) is 6.25. The molecular weight excluding hydrogens is 333 g/mol. The minimum absolute atomic E-state index is 0.0814. The number of amides is 1. The fourth-order valence-electron chi connectivity index (χ4n) is 3.23. The lowest BCUT2D eigenvalue weighted by molar-refractivity contribution is -0.599. The van der Waals surface area contributed by atoms with Gasteiger partial charge in [-0.05, 0) is 41.6 Å². The predicted molar refractivity (Wildman–Crippen MR) is 95.2 cm³/mol. The van der Waals surface area contributed by atoms with E-state index in [1.54, 1.807) is 12.1 Å². The lowest BCUT2D eigenvalue weighted by Gasteiger charge is -2.35. The molecule has 1 saturated heterocycles. The van der Waals surface area contributed by atoms with Crippen LogP contribution in [0.4, 0.5) is 10.1 Å². The van der Waals surface area contributed by atoms with Crippen LogP contribution in [-0.2, 0) is 0 Å². The van der Waals surface area contributed by atoms with Gasteiger partial charge in [0.25, 0.3) is 11.6 Å². The van der Waals surface area contributed by atoms with Gasteiger partial charge in [-0.15, -0.1) is 0 Å². The molecule has 1 fully saturated rings. The summed E-state index contributed by atoms with van der Waals surface area (Å²) in [4.78, 5) is 17.0. The van der Waals surface area contributed by atoms with E-state index < -0.39 is 0 Å². The van der Waals surface area contributed by atoms with E-state index >= 15 is 0 Å². The van der Waals surface area contributed by atoms with Gasteiger partial charge in [-0.2, -0.15) is 0 Å². The number of anilines is 1. The third-order valence-corrected chi connectivity index (χ3v) is 4.66. The van der Waals surface area contributed by atoms with Gasteiger partial charge in [0.15, 0.2) is 11.8 Å². The van der Waals surface area contributed by atoms with Crippen molar-refractivity contribution in [2.75, 3.05) is 31.1 Å². The van der Waals surface area contributed by atoms with Crippen molar-refractivity contribution in [1.29, 1.82) is 0 Å². The number of hydrogen-bond donors (Lipinski definition) is 0. The van der Waals surface area contributed by atoms with Gasteiger partial charge in [-0.1, -0.05) is 18.2 Å². The van der Waals surface area contributed by atoms with E-state index in [1.165, 1.54) is 24.1 Å². The third-order valence-electron chi connectivity index (χ3n) is 4.66. The second kappa shape index (κ2) is 7.00. The molecular formula is C20H19FN3O2+. The number of aromatic amines is 1. The van der Waals surface area contributed by atoms with Crippen molar-refractivity contribution in [3.05, 3.63) is 72.2 Å². The lowest BCUT2D eigenvalue weighted by Crippen LogP contribution is -2.48. The van der Waals surface area contributed by atoms with Crippen LogP contribution in [0.5, 0.6) is 0 Å². The topological polar surface area (TPSA) is 50.8 Å². The first-order valence-corrected chi connectivity index (χ1v) is 8.57. The van der Waals surface area contributed by atoms with Gasteiger partial charge < -0.3 is 9.80 Å². The zero-order valence-electron chi connectivity index (χ0n) is 14.2. The van der Waals surface area contributed by atoms with Crippen LogP contribution in [0.15, 0.2) is 65.4 Å². The van der Waals surface area contributed by atoms with Crippen LogP contribution < -0.4 is 10.1 Å². The van der Waals surface area contributed by atoms with Crippen LogP contribution in [0.25, 0.3) is 11.3 Å². The molecule has 0 spiro atoms. The molecule has 5 nitrogen and oxygen atoms in total. The summed E-state index contributed by atoms with van der Waals surface area (Å²) >= 11 is 0.